The molecule has 0 aliphatic carbocycles. The van der Waals surface area contributed by atoms with E-state index >= 15 is 0 Å². The van der Waals surface area contributed by atoms with Crippen molar-refractivity contribution >= 4 is 29.2 Å². The van der Waals surface area contributed by atoms with E-state index in [-0.39, 0.29) is 36.5 Å². The summed E-state index contributed by atoms with van der Waals surface area (Å²) in [7, 11) is 3.05. The molecule has 9 heteroatoms. The number of piperidine rings is 1. The molecule has 2 N–H and O–H groups in total. The molecule has 1 aliphatic rings. The molecule has 1 atom stereocenters. The minimum Gasteiger partial charge on any atom is -0.493 e. The van der Waals surface area contributed by atoms with E-state index in [1.807, 2.05) is 6.92 Å². The van der Waals surface area contributed by atoms with Crippen LogP contribution in [0.4, 0.5) is 0 Å². The topological polar surface area (TPSA) is 96.6 Å². The lowest BCUT2D eigenvalue weighted by molar-refractivity contribution is -0.134. The van der Waals surface area contributed by atoms with Crippen molar-refractivity contribution < 1.29 is 14.3 Å². The van der Waals surface area contributed by atoms with Gasteiger partial charge in [0.1, 0.15) is 5.82 Å². The van der Waals surface area contributed by atoms with E-state index in [0.717, 1.165) is 25.8 Å². The van der Waals surface area contributed by atoms with Gasteiger partial charge in [-0.05, 0) is 32.4 Å². The highest BCUT2D eigenvalue weighted by Crippen LogP contribution is 2.30. The summed E-state index contributed by atoms with van der Waals surface area (Å²) >= 11 is 0. The first kappa shape index (κ1) is 22.0. The first-order valence-electron chi connectivity index (χ1n) is 9.24. The molecule has 28 heavy (non-hydrogen) atoms. The Bertz CT molecular complexity index is 880. The normalized spacial score (nSPS) is 16.3. The predicted molar refractivity (Wildman–Crippen MR) is 109 cm³/mol. The molecule has 2 aromatic rings. The van der Waals surface area contributed by atoms with Crippen LogP contribution in [-0.4, -0.2) is 54.1 Å². The Balaban J connectivity index is 0.00000280. The molecule has 1 fully saturated rings. The third kappa shape index (κ3) is 4.56. The number of H-pyrrole nitrogens is 1. The summed E-state index contributed by atoms with van der Waals surface area (Å²) < 4.78 is 10.5. The van der Waals surface area contributed by atoms with Gasteiger partial charge in [0.15, 0.2) is 11.5 Å². The smallest absolute Gasteiger partial charge is 0.258 e. The fourth-order valence-electron chi connectivity index (χ4n) is 3.40. The summed E-state index contributed by atoms with van der Waals surface area (Å²) in [6, 6.07) is 3.13. The summed E-state index contributed by atoms with van der Waals surface area (Å²) in [5.74, 6) is 1.47. The lowest BCUT2D eigenvalue weighted by Crippen LogP contribution is -2.48. The maximum atomic E-state index is 12.8. The number of ether oxygens (including phenoxy) is 2. The third-order valence-corrected chi connectivity index (χ3v) is 4.90. The molecular formula is C19H27ClN4O4. The fraction of sp³-hybridized carbons (Fsp3) is 0.526. The van der Waals surface area contributed by atoms with Crippen molar-refractivity contribution in [3.63, 3.8) is 0 Å². The van der Waals surface area contributed by atoms with E-state index in [2.05, 4.69) is 15.3 Å². The minimum atomic E-state index is -0.268. The van der Waals surface area contributed by atoms with Gasteiger partial charge >= 0.3 is 0 Å². The Morgan fingerprint density at radius 1 is 1.25 bits per heavy atom. The van der Waals surface area contributed by atoms with Crippen molar-refractivity contribution in [2.75, 3.05) is 27.3 Å². The largest absolute Gasteiger partial charge is 0.493 e. The molecule has 1 aromatic carbocycles. The maximum absolute atomic E-state index is 12.8. The van der Waals surface area contributed by atoms with Crippen LogP contribution in [0.3, 0.4) is 0 Å². The standard InChI is InChI=1S/C19H26N4O4.ClH/c1-4-23(19(25)13-7-5-6-8-20-13)11-17-21-14-10-16(27-3)15(26-2)9-12(14)18(24)22-17;/h9-10,13,20H,4-8,11H2,1-3H3,(H,21,22,24);1H. The maximum Gasteiger partial charge on any atom is 0.258 e. The van der Waals surface area contributed by atoms with Crippen LogP contribution in [0.25, 0.3) is 10.9 Å². The zero-order valence-corrected chi connectivity index (χ0v) is 17.2. The van der Waals surface area contributed by atoms with Gasteiger partial charge in [0, 0.05) is 12.6 Å². The number of hydrogen-bond donors (Lipinski definition) is 2. The first-order chi connectivity index (χ1) is 13.1. The predicted octanol–water partition coefficient (Wildman–Crippen LogP) is 1.85. The second kappa shape index (κ2) is 9.75. The Hall–Kier alpha value is -2.32. The quantitative estimate of drug-likeness (QED) is 0.754. The zero-order chi connectivity index (χ0) is 19.4. The van der Waals surface area contributed by atoms with Gasteiger partial charge in [0.2, 0.25) is 5.91 Å². The molecule has 2 heterocycles. The monoisotopic (exact) mass is 410 g/mol. The molecule has 0 spiro atoms. The number of benzene rings is 1. The number of methoxy groups -OCH3 is 2. The average molecular weight is 411 g/mol. The molecule has 8 nitrogen and oxygen atoms in total. The molecule has 3 rings (SSSR count). The third-order valence-electron chi connectivity index (χ3n) is 4.90. The van der Waals surface area contributed by atoms with E-state index in [1.165, 1.54) is 14.2 Å². The summed E-state index contributed by atoms with van der Waals surface area (Å²) in [6.45, 7) is 3.59. The van der Waals surface area contributed by atoms with Gasteiger partial charge in [0.05, 0.1) is 37.7 Å². The second-order valence-corrected chi connectivity index (χ2v) is 6.59. The van der Waals surface area contributed by atoms with Crippen LogP contribution in [-0.2, 0) is 11.3 Å². The van der Waals surface area contributed by atoms with E-state index in [4.69, 9.17) is 9.47 Å². The Labute approximate surface area is 170 Å². The number of hydrogen-bond acceptors (Lipinski definition) is 6. The fourth-order valence-corrected chi connectivity index (χ4v) is 3.40. The van der Waals surface area contributed by atoms with Gasteiger partial charge in [-0.15, -0.1) is 12.4 Å². The van der Waals surface area contributed by atoms with Crippen LogP contribution >= 0.6 is 12.4 Å². The number of nitrogens with one attached hydrogen (secondary N) is 2. The van der Waals surface area contributed by atoms with Gasteiger partial charge in [-0.25, -0.2) is 4.98 Å². The summed E-state index contributed by atoms with van der Waals surface area (Å²) in [5, 5.41) is 3.69. The van der Waals surface area contributed by atoms with Gasteiger partial charge in [-0.2, -0.15) is 0 Å². The molecule has 1 amide bonds. The van der Waals surface area contributed by atoms with Crippen LogP contribution in [0.15, 0.2) is 16.9 Å². The lowest BCUT2D eigenvalue weighted by atomic mass is 10.0. The second-order valence-electron chi connectivity index (χ2n) is 6.59. The van der Waals surface area contributed by atoms with E-state index < -0.39 is 0 Å². The van der Waals surface area contributed by atoms with Crippen molar-refractivity contribution in [2.24, 2.45) is 0 Å². The highest BCUT2D eigenvalue weighted by Gasteiger charge is 2.25. The van der Waals surface area contributed by atoms with Crippen LogP contribution in [0, 0.1) is 0 Å². The molecule has 1 saturated heterocycles. The van der Waals surface area contributed by atoms with E-state index in [1.54, 1.807) is 17.0 Å². The van der Waals surface area contributed by atoms with Gasteiger partial charge in [0.25, 0.3) is 5.56 Å². The molecule has 1 unspecified atom stereocenters. The number of amides is 1. The van der Waals surface area contributed by atoms with Crippen LogP contribution in [0.5, 0.6) is 11.5 Å². The van der Waals surface area contributed by atoms with Crippen molar-refractivity contribution in [1.29, 1.82) is 0 Å². The van der Waals surface area contributed by atoms with E-state index in [0.29, 0.717) is 34.8 Å². The van der Waals surface area contributed by atoms with Gasteiger partial charge in [-0.1, -0.05) is 6.42 Å². The molecule has 0 bridgehead atoms. The Kier molecular flexibility index (Phi) is 7.65. The minimum absolute atomic E-state index is 0. The number of carbonyl (C=O) groups excluding carboxylic acids is 1. The molecule has 1 aromatic heterocycles. The average Bonchev–Trinajstić information content (AvgIpc) is 2.71. The van der Waals surface area contributed by atoms with Gasteiger partial charge in [-0.3, -0.25) is 9.59 Å². The Morgan fingerprint density at radius 3 is 2.57 bits per heavy atom. The molecular weight excluding hydrogens is 384 g/mol. The van der Waals surface area contributed by atoms with Crippen LogP contribution < -0.4 is 20.3 Å². The first-order valence-corrected chi connectivity index (χ1v) is 9.24. The lowest BCUT2D eigenvalue weighted by Gasteiger charge is -2.29. The highest BCUT2D eigenvalue weighted by molar-refractivity contribution is 5.85. The summed E-state index contributed by atoms with van der Waals surface area (Å²) in [4.78, 5) is 34.3. The number of rotatable bonds is 6. The number of likely N-dealkylation sites (N-methyl/N-ethyl adjacent to an activating group) is 1. The number of nitrogens with zero attached hydrogens (tertiary/aromatic N) is 2. The van der Waals surface area contributed by atoms with Crippen molar-refractivity contribution in [3.8, 4) is 11.5 Å². The van der Waals surface area contributed by atoms with Crippen LogP contribution in [0.1, 0.15) is 32.0 Å². The van der Waals surface area contributed by atoms with Crippen molar-refractivity contribution in [3.05, 3.63) is 28.3 Å². The zero-order valence-electron chi connectivity index (χ0n) is 16.4. The number of aromatic amines is 1. The number of carbonyl (C=O) groups is 1. The number of aromatic nitrogens is 2. The van der Waals surface area contributed by atoms with Gasteiger partial charge < -0.3 is 24.7 Å². The van der Waals surface area contributed by atoms with Crippen molar-refractivity contribution in [1.82, 2.24) is 20.2 Å². The highest BCUT2D eigenvalue weighted by atomic mass is 35.5. The van der Waals surface area contributed by atoms with E-state index in [9.17, 15) is 9.59 Å². The summed E-state index contributed by atoms with van der Waals surface area (Å²) in [5.41, 5.74) is 0.237. The van der Waals surface area contributed by atoms with Crippen molar-refractivity contribution in [2.45, 2.75) is 38.8 Å². The molecule has 154 valence electrons. The Morgan fingerprint density at radius 2 is 1.96 bits per heavy atom. The number of halogens is 1. The summed E-state index contributed by atoms with van der Waals surface area (Å²) in [6.07, 6.45) is 2.99. The number of fused-ring (bicyclic) bond motifs is 1. The molecule has 1 aliphatic heterocycles. The molecule has 0 radical (unpaired) electrons. The van der Waals surface area contributed by atoms with Crippen LogP contribution in [0.2, 0.25) is 0 Å². The molecule has 0 saturated carbocycles. The SMILES string of the molecule is CCN(Cc1nc2cc(OC)c(OC)cc2c(=O)[nH]1)C(=O)C1CCCCN1.Cl.